The molecule has 0 radical (unpaired) electrons. The van der Waals surface area contributed by atoms with Crippen LogP contribution in [-0.4, -0.2) is 10.2 Å². The van der Waals surface area contributed by atoms with Gasteiger partial charge in [-0.1, -0.05) is 36.4 Å². The van der Waals surface area contributed by atoms with Crippen LogP contribution in [0.1, 0.15) is 22.9 Å². The molecule has 0 fully saturated rings. The summed E-state index contributed by atoms with van der Waals surface area (Å²) in [6.07, 6.45) is -2.98. The minimum Gasteiger partial charge on any atom is -0.426 e. The molecule has 0 bridgehead atoms. The van der Waals surface area contributed by atoms with Crippen LogP contribution in [0.3, 0.4) is 0 Å². The zero-order valence-electron chi connectivity index (χ0n) is 13.0. The van der Waals surface area contributed by atoms with Crippen molar-refractivity contribution >= 4 is 0 Å². The summed E-state index contributed by atoms with van der Waals surface area (Å²) in [6, 6.07) is 12.9. The van der Waals surface area contributed by atoms with Crippen molar-refractivity contribution in [2.24, 2.45) is 0 Å². The highest BCUT2D eigenvalue weighted by atomic mass is 19.4. The van der Waals surface area contributed by atoms with Gasteiger partial charge >= 0.3 is 6.18 Å². The molecule has 0 N–H and O–H groups in total. The number of benzene rings is 2. The van der Waals surface area contributed by atoms with Gasteiger partial charge in [0.1, 0.15) is 0 Å². The van der Waals surface area contributed by atoms with Crippen molar-refractivity contribution in [3.63, 3.8) is 0 Å². The highest BCUT2D eigenvalue weighted by Gasteiger charge is 2.29. The number of hydrogen-bond donors (Lipinski definition) is 0. The van der Waals surface area contributed by atoms with Gasteiger partial charge in [-0.2, -0.15) is 13.2 Å². The van der Waals surface area contributed by atoms with E-state index in [0.29, 0.717) is 18.2 Å². The number of aryl methyl sites for hydroxylation is 3. The van der Waals surface area contributed by atoms with E-state index in [-0.39, 0.29) is 0 Å². The van der Waals surface area contributed by atoms with E-state index in [1.807, 2.05) is 24.3 Å². The molecular formula is C18H15F3N2O. The molecule has 24 heavy (non-hydrogen) atoms. The average Bonchev–Trinajstić information content (AvgIpc) is 2.98. The summed E-state index contributed by atoms with van der Waals surface area (Å²) >= 11 is 0. The van der Waals surface area contributed by atoms with Crippen LogP contribution in [0.2, 0.25) is 0 Å². The SMILES string of the molecule is Cc1nnc(CCc2cccc(-c3ccc(C(F)(F)F)cc3)c2)o1. The van der Waals surface area contributed by atoms with E-state index in [1.54, 1.807) is 6.92 Å². The topological polar surface area (TPSA) is 38.9 Å². The summed E-state index contributed by atoms with van der Waals surface area (Å²) in [5, 5.41) is 7.73. The zero-order chi connectivity index (χ0) is 17.2. The first kappa shape index (κ1) is 16.2. The van der Waals surface area contributed by atoms with Crippen LogP contribution in [-0.2, 0) is 19.0 Å². The minimum atomic E-state index is -4.32. The third-order valence-corrected chi connectivity index (χ3v) is 3.67. The highest BCUT2D eigenvalue weighted by molar-refractivity contribution is 5.64. The molecule has 0 saturated heterocycles. The van der Waals surface area contributed by atoms with Crippen molar-refractivity contribution < 1.29 is 17.6 Å². The van der Waals surface area contributed by atoms with Crippen molar-refractivity contribution in [3.05, 3.63) is 71.4 Å². The first-order valence-electron chi connectivity index (χ1n) is 7.47. The Balaban J connectivity index is 1.75. The molecule has 0 atom stereocenters. The lowest BCUT2D eigenvalue weighted by Gasteiger charge is -2.09. The number of halogens is 3. The molecule has 1 aromatic heterocycles. The average molecular weight is 332 g/mol. The van der Waals surface area contributed by atoms with Crippen LogP contribution in [0.15, 0.2) is 52.9 Å². The maximum Gasteiger partial charge on any atom is 0.416 e. The van der Waals surface area contributed by atoms with E-state index >= 15 is 0 Å². The van der Waals surface area contributed by atoms with Crippen LogP contribution in [0.4, 0.5) is 13.2 Å². The van der Waals surface area contributed by atoms with E-state index in [4.69, 9.17) is 4.42 Å². The second kappa shape index (κ2) is 6.47. The fourth-order valence-corrected chi connectivity index (χ4v) is 2.45. The van der Waals surface area contributed by atoms with Gasteiger partial charge in [-0.25, -0.2) is 0 Å². The van der Waals surface area contributed by atoms with E-state index in [0.717, 1.165) is 35.2 Å². The van der Waals surface area contributed by atoms with Crippen LogP contribution in [0.5, 0.6) is 0 Å². The standard InChI is InChI=1S/C18H15F3N2O/c1-12-22-23-17(24-12)10-5-13-3-2-4-15(11-13)14-6-8-16(9-7-14)18(19,20)21/h2-4,6-9,11H,5,10H2,1H3. The molecule has 3 rings (SSSR count). The largest absolute Gasteiger partial charge is 0.426 e. The van der Waals surface area contributed by atoms with Crippen LogP contribution >= 0.6 is 0 Å². The molecule has 124 valence electrons. The summed E-state index contributed by atoms with van der Waals surface area (Å²) in [6.45, 7) is 1.74. The van der Waals surface area contributed by atoms with Crippen molar-refractivity contribution in [1.82, 2.24) is 10.2 Å². The zero-order valence-corrected chi connectivity index (χ0v) is 13.0. The molecule has 2 aromatic carbocycles. The quantitative estimate of drug-likeness (QED) is 0.685. The number of alkyl halides is 3. The number of nitrogens with zero attached hydrogens (tertiary/aromatic N) is 2. The predicted molar refractivity (Wildman–Crippen MR) is 83.3 cm³/mol. The van der Waals surface area contributed by atoms with E-state index in [2.05, 4.69) is 10.2 Å². The molecule has 0 unspecified atom stereocenters. The van der Waals surface area contributed by atoms with E-state index < -0.39 is 11.7 Å². The molecular weight excluding hydrogens is 317 g/mol. The molecule has 0 aliphatic heterocycles. The number of rotatable bonds is 4. The lowest BCUT2D eigenvalue weighted by Crippen LogP contribution is -2.04. The lowest BCUT2D eigenvalue weighted by molar-refractivity contribution is -0.137. The van der Waals surface area contributed by atoms with Gasteiger partial charge in [0.2, 0.25) is 11.8 Å². The van der Waals surface area contributed by atoms with Crippen LogP contribution in [0, 0.1) is 6.92 Å². The highest BCUT2D eigenvalue weighted by Crippen LogP contribution is 2.31. The third kappa shape index (κ3) is 3.82. The molecule has 6 heteroatoms. The fourth-order valence-electron chi connectivity index (χ4n) is 2.45. The van der Waals surface area contributed by atoms with Gasteiger partial charge in [0.05, 0.1) is 5.56 Å². The second-order valence-electron chi connectivity index (χ2n) is 5.49. The van der Waals surface area contributed by atoms with Crippen LogP contribution < -0.4 is 0 Å². The Morgan fingerprint density at radius 3 is 2.29 bits per heavy atom. The van der Waals surface area contributed by atoms with Crippen molar-refractivity contribution in [3.8, 4) is 11.1 Å². The number of aromatic nitrogens is 2. The molecule has 0 spiro atoms. The van der Waals surface area contributed by atoms with Gasteiger partial charge in [0.15, 0.2) is 0 Å². The lowest BCUT2D eigenvalue weighted by atomic mass is 10.00. The smallest absolute Gasteiger partial charge is 0.416 e. The van der Waals surface area contributed by atoms with Gasteiger partial charge < -0.3 is 4.42 Å². The normalized spacial score (nSPS) is 11.7. The van der Waals surface area contributed by atoms with Gasteiger partial charge in [0, 0.05) is 13.3 Å². The molecule has 3 nitrogen and oxygen atoms in total. The van der Waals surface area contributed by atoms with Gasteiger partial charge in [-0.05, 0) is 35.2 Å². The summed E-state index contributed by atoms with van der Waals surface area (Å²) in [7, 11) is 0. The first-order valence-corrected chi connectivity index (χ1v) is 7.47. The van der Waals surface area contributed by atoms with Crippen molar-refractivity contribution in [1.29, 1.82) is 0 Å². The van der Waals surface area contributed by atoms with Gasteiger partial charge in [-0.15, -0.1) is 10.2 Å². The summed E-state index contributed by atoms with van der Waals surface area (Å²) in [5.41, 5.74) is 2.04. The Hall–Kier alpha value is -2.63. The van der Waals surface area contributed by atoms with E-state index in [1.165, 1.54) is 12.1 Å². The molecule has 3 aromatic rings. The number of hydrogen-bond acceptors (Lipinski definition) is 3. The second-order valence-corrected chi connectivity index (χ2v) is 5.49. The molecule has 0 aliphatic rings. The molecule has 0 amide bonds. The first-order chi connectivity index (χ1) is 11.4. The minimum absolute atomic E-state index is 0.531. The van der Waals surface area contributed by atoms with Crippen molar-refractivity contribution in [2.75, 3.05) is 0 Å². The Morgan fingerprint density at radius 1 is 0.917 bits per heavy atom. The summed E-state index contributed by atoms with van der Waals surface area (Å²) in [4.78, 5) is 0. The van der Waals surface area contributed by atoms with Gasteiger partial charge in [0.25, 0.3) is 0 Å². The molecule has 1 heterocycles. The molecule has 0 aliphatic carbocycles. The third-order valence-electron chi connectivity index (χ3n) is 3.67. The Bertz CT molecular complexity index is 823. The van der Waals surface area contributed by atoms with Crippen LogP contribution in [0.25, 0.3) is 11.1 Å². The maximum absolute atomic E-state index is 12.6. The molecule has 0 saturated carbocycles. The van der Waals surface area contributed by atoms with Gasteiger partial charge in [-0.3, -0.25) is 0 Å². The Kier molecular flexibility index (Phi) is 4.38. The predicted octanol–water partition coefficient (Wildman–Crippen LogP) is 4.85. The summed E-state index contributed by atoms with van der Waals surface area (Å²) < 4.78 is 43.2. The Morgan fingerprint density at radius 2 is 1.67 bits per heavy atom. The van der Waals surface area contributed by atoms with E-state index in [9.17, 15) is 13.2 Å². The Labute approximate surface area is 137 Å². The monoisotopic (exact) mass is 332 g/mol. The summed E-state index contributed by atoms with van der Waals surface area (Å²) in [5.74, 6) is 1.11. The fraction of sp³-hybridized carbons (Fsp3) is 0.222. The van der Waals surface area contributed by atoms with Crippen molar-refractivity contribution in [2.45, 2.75) is 25.9 Å². The maximum atomic E-state index is 12.6.